The molecule has 2 heteroatoms. The van der Waals surface area contributed by atoms with Gasteiger partial charge in [-0.15, -0.1) is 0 Å². The van der Waals surface area contributed by atoms with E-state index >= 15 is 0 Å². The molecule has 106 valence electrons. The number of benzene rings is 1. The molecule has 0 aliphatic heterocycles. The van der Waals surface area contributed by atoms with E-state index in [0.29, 0.717) is 6.04 Å². The van der Waals surface area contributed by atoms with Gasteiger partial charge in [-0.2, -0.15) is 0 Å². The highest BCUT2D eigenvalue weighted by molar-refractivity contribution is 5.85. The van der Waals surface area contributed by atoms with Crippen LogP contribution in [-0.2, 0) is 0 Å². The number of imidazole rings is 1. The summed E-state index contributed by atoms with van der Waals surface area (Å²) in [6.07, 6.45) is 12.1. The van der Waals surface area contributed by atoms with E-state index in [1.165, 1.54) is 49.6 Å². The zero-order valence-corrected chi connectivity index (χ0v) is 12.4. The van der Waals surface area contributed by atoms with Gasteiger partial charge in [0.25, 0.3) is 0 Å². The van der Waals surface area contributed by atoms with Crippen LogP contribution in [-0.4, -0.2) is 9.55 Å². The van der Waals surface area contributed by atoms with Gasteiger partial charge >= 0.3 is 0 Å². The smallest absolute Gasteiger partial charge is 0.0961 e. The summed E-state index contributed by atoms with van der Waals surface area (Å²) < 4.78 is 2.38. The predicted molar refractivity (Wildman–Crippen MR) is 85.7 cm³/mol. The van der Waals surface area contributed by atoms with Gasteiger partial charge in [0.1, 0.15) is 0 Å². The van der Waals surface area contributed by atoms with Crippen LogP contribution in [0.15, 0.2) is 31.1 Å². The second-order valence-electron chi connectivity index (χ2n) is 6.06. The molecule has 1 fully saturated rings. The van der Waals surface area contributed by atoms with Crippen molar-refractivity contribution in [2.45, 2.75) is 51.5 Å². The van der Waals surface area contributed by atoms with Gasteiger partial charge in [-0.1, -0.05) is 57.4 Å². The SMILES string of the molecule is C=Cc1cccc2ncn(C3CC(CCCCC)C3)c12. The molecule has 1 heterocycles. The minimum Gasteiger partial charge on any atom is -0.327 e. The van der Waals surface area contributed by atoms with Gasteiger partial charge in [0.05, 0.1) is 17.4 Å². The lowest BCUT2D eigenvalue weighted by atomic mass is 9.77. The third-order valence-corrected chi connectivity index (χ3v) is 4.67. The molecule has 2 aromatic rings. The van der Waals surface area contributed by atoms with Crippen molar-refractivity contribution in [3.63, 3.8) is 0 Å². The van der Waals surface area contributed by atoms with E-state index in [1.54, 1.807) is 0 Å². The van der Waals surface area contributed by atoms with Gasteiger partial charge in [-0.25, -0.2) is 4.98 Å². The van der Waals surface area contributed by atoms with E-state index in [0.717, 1.165) is 11.4 Å². The molecule has 1 aromatic heterocycles. The molecule has 0 bridgehead atoms. The monoisotopic (exact) mass is 268 g/mol. The van der Waals surface area contributed by atoms with Crippen molar-refractivity contribution in [1.82, 2.24) is 9.55 Å². The van der Waals surface area contributed by atoms with Crippen molar-refractivity contribution in [2.24, 2.45) is 5.92 Å². The van der Waals surface area contributed by atoms with Crippen molar-refractivity contribution in [1.29, 1.82) is 0 Å². The fraction of sp³-hybridized carbons (Fsp3) is 0.500. The lowest BCUT2D eigenvalue weighted by molar-refractivity contribution is 0.186. The number of para-hydroxylation sites is 1. The Morgan fingerprint density at radius 3 is 2.95 bits per heavy atom. The Balaban J connectivity index is 1.72. The molecule has 0 atom stereocenters. The molecule has 2 nitrogen and oxygen atoms in total. The number of hydrogen-bond donors (Lipinski definition) is 0. The fourth-order valence-electron chi connectivity index (χ4n) is 3.40. The van der Waals surface area contributed by atoms with Crippen LogP contribution in [0.5, 0.6) is 0 Å². The Morgan fingerprint density at radius 2 is 2.20 bits per heavy atom. The molecule has 20 heavy (non-hydrogen) atoms. The molecule has 0 unspecified atom stereocenters. The zero-order chi connectivity index (χ0) is 13.9. The van der Waals surface area contributed by atoms with Crippen LogP contribution in [0.2, 0.25) is 0 Å². The lowest BCUT2D eigenvalue weighted by Crippen LogP contribution is -2.26. The van der Waals surface area contributed by atoms with Gasteiger partial charge in [-0.05, 0) is 30.4 Å². The number of hydrogen-bond acceptors (Lipinski definition) is 1. The minimum absolute atomic E-state index is 0.646. The molecule has 1 aliphatic rings. The average molecular weight is 268 g/mol. The number of aromatic nitrogens is 2. The number of nitrogens with zero attached hydrogens (tertiary/aromatic N) is 2. The summed E-state index contributed by atoms with van der Waals surface area (Å²) >= 11 is 0. The Morgan fingerprint density at radius 1 is 1.35 bits per heavy atom. The van der Waals surface area contributed by atoms with Crippen molar-refractivity contribution in [3.8, 4) is 0 Å². The van der Waals surface area contributed by atoms with Gasteiger partial charge in [0, 0.05) is 6.04 Å². The third-order valence-electron chi connectivity index (χ3n) is 4.67. The highest BCUT2D eigenvalue weighted by atomic mass is 15.1. The van der Waals surface area contributed by atoms with E-state index in [9.17, 15) is 0 Å². The first-order valence-corrected chi connectivity index (χ1v) is 7.91. The highest BCUT2D eigenvalue weighted by Gasteiger charge is 2.30. The van der Waals surface area contributed by atoms with Crippen molar-refractivity contribution < 1.29 is 0 Å². The lowest BCUT2D eigenvalue weighted by Gasteiger charge is -2.37. The Hall–Kier alpha value is -1.57. The molecule has 1 saturated carbocycles. The average Bonchev–Trinajstić information content (AvgIpc) is 2.85. The molecule has 0 saturated heterocycles. The summed E-state index contributed by atoms with van der Waals surface area (Å²) in [5.74, 6) is 0.930. The molecule has 3 rings (SSSR count). The quantitative estimate of drug-likeness (QED) is 0.657. The van der Waals surface area contributed by atoms with Crippen molar-refractivity contribution in [3.05, 3.63) is 36.7 Å². The third kappa shape index (κ3) is 2.39. The number of rotatable bonds is 6. The first-order chi connectivity index (χ1) is 9.83. The normalized spacial score (nSPS) is 21.9. The summed E-state index contributed by atoms with van der Waals surface area (Å²) in [4.78, 5) is 4.55. The summed E-state index contributed by atoms with van der Waals surface area (Å²) in [5.41, 5.74) is 3.56. The molecule has 1 aliphatic carbocycles. The van der Waals surface area contributed by atoms with E-state index in [1.807, 2.05) is 12.4 Å². The van der Waals surface area contributed by atoms with E-state index in [2.05, 4.69) is 41.3 Å². The molecule has 0 N–H and O–H groups in total. The maximum absolute atomic E-state index is 4.55. The summed E-state index contributed by atoms with van der Waals surface area (Å²) in [5, 5.41) is 0. The standard InChI is InChI=1S/C18H24N2/c1-3-5-6-8-14-11-16(12-14)20-13-19-17-10-7-9-15(4-2)18(17)20/h4,7,9-10,13-14,16H,2-3,5-6,8,11-12H2,1H3. The minimum atomic E-state index is 0.646. The van der Waals surface area contributed by atoms with Crippen LogP contribution in [0.25, 0.3) is 17.1 Å². The predicted octanol–water partition coefficient (Wildman–Crippen LogP) is 5.21. The van der Waals surface area contributed by atoms with Gasteiger partial charge in [0.15, 0.2) is 0 Å². The Labute approximate surface area is 121 Å². The van der Waals surface area contributed by atoms with E-state index in [-0.39, 0.29) is 0 Å². The molecule has 0 amide bonds. The van der Waals surface area contributed by atoms with Crippen LogP contribution in [0.4, 0.5) is 0 Å². The topological polar surface area (TPSA) is 17.8 Å². The molecular formula is C18H24N2. The van der Waals surface area contributed by atoms with Crippen molar-refractivity contribution >= 4 is 17.1 Å². The number of unbranched alkanes of at least 4 members (excludes halogenated alkanes) is 2. The Bertz CT molecular complexity index is 590. The zero-order valence-electron chi connectivity index (χ0n) is 12.4. The highest BCUT2D eigenvalue weighted by Crippen LogP contribution is 2.42. The maximum atomic E-state index is 4.55. The van der Waals surface area contributed by atoms with Crippen molar-refractivity contribution in [2.75, 3.05) is 0 Å². The van der Waals surface area contributed by atoms with Crippen LogP contribution < -0.4 is 0 Å². The summed E-state index contributed by atoms with van der Waals surface area (Å²) in [7, 11) is 0. The molecular weight excluding hydrogens is 244 g/mol. The van der Waals surface area contributed by atoms with Crippen LogP contribution >= 0.6 is 0 Å². The van der Waals surface area contributed by atoms with Crippen LogP contribution in [0.3, 0.4) is 0 Å². The second kappa shape index (κ2) is 5.82. The summed E-state index contributed by atoms with van der Waals surface area (Å²) in [6, 6.07) is 6.93. The van der Waals surface area contributed by atoms with Gasteiger partial charge in [-0.3, -0.25) is 0 Å². The molecule has 0 spiro atoms. The fourth-order valence-corrected chi connectivity index (χ4v) is 3.40. The van der Waals surface area contributed by atoms with E-state index in [4.69, 9.17) is 0 Å². The Kier molecular flexibility index (Phi) is 3.90. The molecule has 0 radical (unpaired) electrons. The van der Waals surface area contributed by atoms with E-state index < -0.39 is 0 Å². The first kappa shape index (κ1) is 13.4. The van der Waals surface area contributed by atoms with Crippen LogP contribution in [0, 0.1) is 5.92 Å². The first-order valence-electron chi connectivity index (χ1n) is 7.91. The molecule has 1 aromatic carbocycles. The number of fused-ring (bicyclic) bond motifs is 1. The largest absolute Gasteiger partial charge is 0.327 e. The maximum Gasteiger partial charge on any atom is 0.0961 e. The summed E-state index contributed by atoms with van der Waals surface area (Å²) in [6.45, 7) is 6.20. The van der Waals surface area contributed by atoms with Crippen LogP contribution in [0.1, 0.15) is 57.1 Å². The second-order valence-corrected chi connectivity index (χ2v) is 6.06. The van der Waals surface area contributed by atoms with Gasteiger partial charge < -0.3 is 4.57 Å². The van der Waals surface area contributed by atoms with Gasteiger partial charge in [0.2, 0.25) is 0 Å².